The molecule has 2 rings (SSSR count). The summed E-state index contributed by atoms with van der Waals surface area (Å²) in [6, 6.07) is 3.43. The Hall–Kier alpha value is -1.62. The van der Waals surface area contributed by atoms with Crippen molar-refractivity contribution in [3.63, 3.8) is 0 Å². The first-order valence-electron chi connectivity index (χ1n) is 5.84. The summed E-state index contributed by atoms with van der Waals surface area (Å²) < 4.78 is 4.95. The number of carbonyl (C=O) groups excluding carboxylic acids is 1. The van der Waals surface area contributed by atoms with E-state index in [1.54, 1.807) is 25.4 Å². The van der Waals surface area contributed by atoms with Gasteiger partial charge in [0.25, 0.3) is 0 Å². The van der Waals surface area contributed by atoms with Crippen molar-refractivity contribution < 1.29 is 9.53 Å². The molecule has 2 heterocycles. The van der Waals surface area contributed by atoms with Crippen LogP contribution in [-0.4, -0.2) is 30.6 Å². The van der Waals surface area contributed by atoms with Crippen LogP contribution >= 0.6 is 0 Å². The SMILES string of the molecule is COc1ccc(NC(=O)C2CCCCN2)cn1. The van der Waals surface area contributed by atoms with Crippen molar-refractivity contribution in [3.05, 3.63) is 18.3 Å². The van der Waals surface area contributed by atoms with Crippen molar-refractivity contribution in [1.29, 1.82) is 0 Å². The van der Waals surface area contributed by atoms with Gasteiger partial charge in [0.2, 0.25) is 11.8 Å². The standard InChI is InChI=1S/C12H17N3O2/c1-17-11-6-5-9(8-14-11)15-12(16)10-4-2-3-7-13-10/h5-6,8,10,13H,2-4,7H2,1H3,(H,15,16). The summed E-state index contributed by atoms with van der Waals surface area (Å²) in [6.07, 6.45) is 4.74. The lowest BCUT2D eigenvalue weighted by atomic mass is 10.0. The van der Waals surface area contributed by atoms with Crippen LogP contribution < -0.4 is 15.4 Å². The van der Waals surface area contributed by atoms with Crippen molar-refractivity contribution in [1.82, 2.24) is 10.3 Å². The van der Waals surface area contributed by atoms with Crippen LogP contribution in [0.15, 0.2) is 18.3 Å². The summed E-state index contributed by atoms with van der Waals surface area (Å²) in [6.45, 7) is 0.916. The lowest BCUT2D eigenvalue weighted by Gasteiger charge is -2.22. The summed E-state index contributed by atoms with van der Waals surface area (Å²) in [5.41, 5.74) is 0.697. The third-order valence-corrected chi connectivity index (χ3v) is 2.84. The summed E-state index contributed by atoms with van der Waals surface area (Å²) in [5.74, 6) is 0.551. The summed E-state index contributed by atoms with van der Waals surface area (Å²) in [7, 11) is 1.56. The van der Waals surface area contributed by atoms with E-state index in [2.05, 4.69) is 15.6 Å². The molecule has 0 radical (unpaired) electrons. The van der Waals surface area contributed by atoms with Gasteiger partial charge in [0.05, 0.1) is 25.0 Å². The number of methoxy groups -OCH3 is 1. The van der Waals surface area contributed by atoms with E-state index in [0.717, 1.165) is 25.8 Å². The molecule has 1 aromatic rings. The maximum absolute atomic E-state index is 11.9. The van der Waals surface area contributed by atoms with Gasteiger partial charge in [-0.3, -0.25) is 4.79 Å². The van der Waals surface area contributed by atoms with Crippen LogP contribution in [0.4, 0.5) is 5.69 Å². The van der Waals surface area contributed by atoms with E-state index in [1.165, 1.54) is 0 Å². The highest BCUT2D eigenvalue weighted by molar-refractivity contribution is 5.94. The second-order valence-corrected chi connectivity index (χ2v) is 4.08. The van der Waals surface area contributed by atoms with E-state index in [4.69, 9.17) is 4.74 Å². The number of piperidine rings is 1. The smallest absolute Gasteiger partial charge is 0.241 e. The van der Waals surface area contributed by atoms with Crippen LogP contribution in [-0.2, 0) is 4.79 Å². The van der Waals surface area contributed by atoms with Gasteiger partial charge >= 0.3 is 0 Å². The molecule has 0 bridgehead atoms. The average molecular weight is 235 g/mol. The maximum Gasteiger partial charge on any atom is 0.241 e. The predicted octanol–water partition coefficient (Wildman–Crippen LogP) is 1.17. The zero-order valence-corrected chi connectivity index (χ0v) is 9.90. The number of aromatic nitrogens is 1. The summed E-state index contributed by atoms with van der Waals surface area (Å²) >= 11 is 0. The summed E-state index contributed by atoms with van der Waals surface area (Å²) in [5, 5.41) is 6.05. The van der Waals surface area contributed by atoms with Crippen LogP contribution in [0.3, 0.4) is 0 Å². The Morgan fingerprint density at radius 3 is 3.00 bits per heavy atom. The monoisotopic (exact) mass is 235 g/mol. The van der Waals surface area contributed by atoms with Crippen molar-refractivity contribution in [2.45, 2.75) is 25.3 Å². The molecule has 1 saturated heterocycles. The molecule has 2 N–H and O–H groups in total. The van der Waals surface area contributed by atoms with Gasteiger partial charge in [-0.2, -0.15) is 0 Å². The molecular weight excluding hydrogens is 218 g/mol. The van der Waals surface area contributed by atoms with Crippen molar-refractivity contribution in [3.8, 4) is 5.88 Å². The number of nitrogens with zero attached hydrogens (tertiary/aromatic N) is 1. The molecule has 1 unspecified atom stereocenters. The minimum atomic E-state index is -0.0779. The normalized spacial score (nSPS) is 19.7. The molecular formula is C12H17N3O2. The van der Waals surface area contributed by atoms with Gasteiger partial charge in [-0.1, -0.05) is 6.42 Å². The second-order valence-electron chi connectivity index (χ2n) is 4.08. The number of ether oxygens (including phenoxy) is 1. The fourth-order valence-electron chi connectivity index (χ4n) is 1.88. The van der Waals surface area contributed by atoms with Crippen LogP contribution in [0.2, 0.25) is 0 Å². The van der Waals surface area contributed by atoms with Crippen molar-refractivity contribution >= 4 is 11.6 Å². The molecule has 5 nitrogen and oxygen atoms in total. The van der Waals surface area contributed by atoms with Crippen LogP contribution in [0.25, 0.3) is 0 Å². The summed E-state index contributed by atoms with van der Waals surface area (Å²) in [4.78, 5) is 15.9. The lowest BCUT2D eigenvalue weighted by molar-refractivity contribution is -0.118. The van der Waals surface area contributed by atoms with E-state index < -0.39 is 0 Å². The molecule has 1 aliphatic rings. The van der Waals surface area contributed by atoms with E-state index in [9.17, 15) is 4.79 Å². The first kappa shape index (κ1) is 11.9. The Balaban J connectivity index is 1.92. The number of amides is 1. The molecule has 17 heavy (non-hydrogen) atoms. The van der Waals surface area contributed by atoms with Gasteiger partial charge in [-0.25, -0.2) is 4.98 Å². The second kappa shape index (κ2) is 5.63. The largest absolute Gasteiger partial charge is 0.481 e. The fraction of sp³-hybridized carbons (Fsp3) is 0.500. The van der Waals surface area contributed by atoms with Gasteiger partial charge in [0.1, 0.15) is 0 Å². The first-order valence-corrected chi connectivity index (χ1v) is 5.84. The van der Waals surface area contributed by atoms with Crippen LogP contribution in [0.1, 0.15) is 19.3 Å². The zero-order chi connectivity index (χ0) is 12.1. The first-order chi connectivity index (χ1) is 8.29. The highest BCUT2D eigenvalue weighted by Crippen LogP contribution is 2.13. The molecule has 0 aliphatic carbocycles. The van der Waals surface area contributed by atoms with Crippen LogP contribution in [0, 0.1) is 0 Å². The number of rotatable bonds is 3. The number of pyridine rings is 1. The third-order valence-electron chi connectivity index (χ3n) is 2.84. The highest BCUT2D eigenvalue weighted by atomic mass is 16.5. The number of hydrogen-bond acceptors (Lipinski definition) is 4. The zero-order valence-electron chi connectivity index (χ0n) is 9.90. The predicted molar refractivity (Wildman–Crippen MR) is 65.1 cm³/mol. The Morgan fingerprint density at radius 2 is 2.41 bits per heavy atom. The fourth-order valence-corrected chi connectivity index (χ4v) is 1.88. The van der Waals surface area contributed by atoms with Gasteiger partial charge in [0.15, 0.2) is 0 Å². The highest BCUT2D eigenvalue weighted by Gasteiger charge is 2.20. The molecule has 0 saturated carbocycles. The molecule has 92 valence electrons. The van der Waals surface area contributed by atoms with E-state index in [0.29, 0.717) is 11.6 Å². The molecule has 0 spiro atoms. The van der Waals surface area contributed by atoms with E-state index >= 15 is 0 Å². The molecule has 1 aromatic heterocycles. The molecule has 0 aromatic carbocycles. The number of hydrogen-bond donors (Lipinski definition) is 2. The van der Waals surface area contributed by atoms with Gasteiger partial charge in [0, 0.05) is 6.07 Å². The Bertz CT molecular complexity index is 372. The van der Waals surface area contributed by atoms with Crippen molar-refractivity contribution in [2.24, 2.45) is 0 Å². The minimum Gasteiger partial charge on any atom is -0.481 e. The quantitative estimate of drug-likeness (QED) is 0.825. The molecule has 1 amide bonds. The van der Waals surface area contributed by atoms with Crippen molar-refractivity contribution in [2.75, 3.05) is 19.0 Å². The molecule has 1 aliphatic heterocycles. The van der Waals surface area contributed by atoms with E-state index in [1.807, 2.05) is 0 Å². The maximum atomic E-state index is 11.9. The Morgan fingerprint density at radius 1 is 1.53 bits per heavy atom. The molecule has 1 atom stereocenters. The van der Waals surface area contributed by atoms with Gasteiger partial charge in [-0.05, 0) is 25.5 Å². The molecule has 5 heteroatoms. The van der Waals surface area contributed by atoms with Crippen LogP contribution in [0.5, 0.6) is 5.88 Å². The lowest BCUT2D eigenvalue weighted by Crippen LogP contribution is -2.43. The number of carbonyl (C=O) groups is 1. The number of nitrogens with one attached hydrogen (secondary N) is 2. The average Bonchev–Trinajstić information content (AvgIpc) is 2.40. The topological polar surface area (TPSA) is 63.2 Å². The van der Waals surface area contributed by atoms with E-state index in [-0.39, 0.29) is 11.9 Å². The van der Waals surface area contributed by atoms with Gasteiger partial charge in [-0.15, -0.1) is 0 Å². The Kier molecular flexibility index (Phi) is 3.93. The number of anilines is 1. The third kappa shape index (κ3) is 3.17. The van der Waals surface area contributed by atoms with Gasteiger partial charge < -0.3 is 15.4 Å². The Labute approximate surface area is 101 Å². The molecule has 1 fully saturated rings. The minimum absolute atomic E-state index is 0.0108.